The van der Waals surface area contributed by atoms with Crippen LogP contribution in [0.1, 0.15) is 12.5 Å². The van der Waals surface area contributed by atoms with Gasteiger partial charge in [-0.05, 0) is 18.7 Å². The number of rotatable bonds is 6. The van der Waals surface area contributed by atoms with Gasteiger partial charge < -0.3 is 10.6 Å². The molecule has 1 aromatic heterocycles. The van der Waals surface area contributed by atoms with Crippen LogP contribution in [0.4, 0.5) is 0 Å². The minimum Gasteiger partial charge on any atom is -0.351 e. The van der Waals surface area contributed by atoms with Crippen LogP contribution in [0.25, 0.3) is 5.69 Å². The molecule has 0 aliphatic heterocycles. The number of carbonyl (C=O) groups is 1. The Labute approximate surface area is 112 Å². The molecule has 0 atom stereocenters. The van der Waals surface area contributed by atoms with Crippen molar-refractivity contribution < 1.29 is 4.79 Å². The summed E-state index contributed by atoms with van der Waals surface area (Å²) in [6.45, 7) is 3.61. The van der Waals surface area contributed by atoms with Crippen LogP contribution in [0, 0.1) is 0 Å². The summed E-state index contributed by atoms with van der Waals surface area (Å²) in [5.41, 5.74) is 1.99. The first-order chi connectivity index (χ1) is 9.29. The topological polar surface area (TPSA) is 59.0 Å². The average molecular weight is 258 g/mol. The largest absolute Gasteiger partial charge is 0.351 e. The fourth-order valence-corrected chi connectivity index (χ4v) is 1.67. The Kier molecular flexibility index (Phi) is 4.69. The van der Waals surface area contributed by atoms with Crippen molar-refractivity contribution in [2.45, 2.75) is 13.5 Å². The van der Waals surface area contributed by atoms with E-state index in [9.17, 15) is 4.79 Å². The number of carbonyl (C=O) groups excluding carboxylic acids is 1. The summed E-state index contributed by atoms with van der Waals surface area (Å²) in [6, 6.07) is 9.87. The van der Waals surface area contributed by atoms with Gasteiger partial charge in [0.25, 0.3) is 0 Å². The molecule has 2 N–H and O–H groups in total. The summed E-state index contributed by atoms with van der Waals surface area (Å²) in [4.78, 5) is 11.5. The van der Waals surface area contributed by atoms with E-state index < -0.39 is 0 Å². The van der Waals surface area contributed by atoms with Crippen molar-refractivity contribution in [2.75, 3.05) is 13.1 Å². The van der Waals surface area contributed by atoms with Crippen molar-refractivity contribution in [1.29, 1.82) is 0 Å². The van der Waals surface area contributed by atoms with Crippen molar-refractivity contribution in [3.05, 3.63) is 48.3 Å². The van der Waals surface area contributed by atoms with Gasteiger partial charge in [-0.2, -0.15) is 5.10 Å². The van der Waals surface area contributed by atoms with E-state index in [0.29, 0.717) is 13.1 Å². The SMILES string of the molecule is CCNCC(=O)NCc1cnn(-c2ccccc2)c1. The van der Waals surface area contributed by atoms with E-state index in [2.05, 4.69) is 15.7 Å². The third-order valence-electron chi connectivity index (χ3n) is 2.68. The highest BCUT2D eigenvalue weighted by Crippen LogP contribution is 2.07. The Morgan fingerprint density at radius 3 is 2.84 bits per heavy atom. The molecule has 1 heterocycles. The number of nitrogens with one attached hydrogen (secondary N) is 2. The molecule has 0 aliphatic carbocycles. The Morgan fingerprint density at radius 1 is 1.32 bits per heavy atom. The quantitative estimate of drug-likeness (QED) is 0.815. The second-order valence-electron chi connectivity index (χ2n) is 4.19. The first-order valence-electron chi connectivity index (χ1n) is 6.36. The van der Waals surface area contributed by atoms with E-state index in [0.717, 1.165) is 17.8 Å². The number of hydrogen-bond acceptors (Lipinski definition) is 3. The second-order valence-corrected chi connectivity index (χ2v) is 4.19. The van der Waals surface area contributed by atoms with Gasteiger partial charge in [0, 0.05) is 18.3 Å². The predicted octanol–water partition coefficient (Wildman–Crippen LogP) is 1.10. The van der Waals surface area contributed by atoms with Gasteiger partial charge in [0.05, 0.1) is 18.4 Å². The zero-order valence-corrected chi connectivity index (χ0v) is 11.0. The van der Waals surface area contributed by atoms with E-state index in [1.165, 1.54) is 0 Å². The molecule has 100 valence electrons. The first kappa shape index (κ1) is 13.3. The summed E-state index contributed by atoms with van der Waals surface area (Å²) >= 11 is 0. The van der Waals surface area contributed by atoms with Crippen molar-refractivity contribution in [1.82, 2.24) is 20.4 Å². The van der Waals surface area contributed by atoms with E-state index in [1.54, 1.807) is 10.9 Å². The lowest BCUT2D eigenvalue weighted by atomic mass is 10.3. The van der Waals surface area contributed by atoms with Crippen LogP contribution in [-0.4, -0.2) is 28.8 Å². The summed E-state index contributed by atoms with van der Waals surface area (Å²) in [7, 11) is 0. The number of amides is 1. The molecular formula is C14H18N4O. The molecule has 1 amide bonds. The smallest absolute Gasteiger partial charge is 0.234 e. The molecule has 2 rings (SSSR count). The van der Waals surface area contributed by atoms with E-state index >= 15 is 0 Å². The lowest BCUT2D eigenvalue weighted by Crippen LogP contribution is -2.33. The Balaban J connectivity index is 1.90. The van der Waals surface area contributed by atoms with Crippen LogP contribution in [-0.2, 0) is 11.3 Å². The molecule has 0 fully saturated rings. The van der Waals surface area contributed by atoms with Crippen molar-refractivity contribution >= 4 is 5.91 Å². The van der Waals surface area contributed by atoms with Gasteiger partial charge in [0.15, 0.2) is 0 Å². The van der Waals surface area contributed by atoms with Gasteiger partial charge in [0.2, 0.25) is 5.91 Å². The Bertz CT molecular complexity index is 521. The number of aromatic nitrogens is 2. The highest BCUT2D eigenvalue weighted by Gasteiger charge is 2.03. The fourth-order valence-electron chi connectivity index (χ4n) is 1.67. The maximum absolute atomic E-state index is 11.5. The predicted molar refractivity (Wildman–Crippen MR) is 74.0 cm³/mol. The van der Waals surface area contributed by atoms with Gasteiger partial charge in [-0.25, -0.2) is 4.68 Å². The van der Waals surface area contributed by atoms with Gasteiger partial charge in [-0.15, -0.1) is 0 Å². The second kappa shape index (κ2) is 6.70. The molecule has 0 aliphatic rings. The monoisotopic (exact) mass is 258 g/mol. The van der Waals surface area contributed by atoms with Gasteiger partial charge in [-0.3, -0.25) is 4.79 Å². The zero-order chi connectivity index (χ0) is 13.5. The molecule has 5 nitrogen and oxygen atoms in total. The van der Waals surface area contributed by atoms with Gasteiger partial charge in [0.1, 0.15) is 0 Å². The molecule has 0 unspecified atom stereocenters. The number of para-hydroxylation sites is 1. The molecule has 0 bridgehead atoms. The molecule has 19 heavy (non-hydrogen) atoms. The van der Waals surface area contributed by atoms with Crippen LogP contribution >= 0.6 is 0 Å². The minimum atomic E-state index is -0.00527. The highest BCUT2D eigenvalue weighted by atomic mass is 16.1. The van der Waals surface area contributed by atoms with Crippen molar-refractivity contribution in [3.8, 4) is 5.69 Å². The van der Waals surface area contributed by atoms with Crippen LogP contribution < -0.4 is 10.6 Å². The Hall–Kier alpha value is -2.14. The maximum Gasteiger partial charge on any atom is 0.234 e. The number of nitrogens with zero attached hydrogens (tertiary/aromatic N) is 2. The molecule has 0 spiro atoms. The number of benzene rings is 1. The minimum absolute atomic E-state index is 0.00527. The molecule has 2 aromatic rings. The lowest BCUT2D eigenvalue weighted by Gasteiger charge is -2.03. The van der Waals surface area contributed by atoms with Crippen molar-refractivity contribution in [2.24, 2.45) is 0 Å². The van der Waals surface area contributed by atoms with Crippen LogP contribution in [0.2, 0.25) is 0 Å². The Morgan fingerprint density at radius 2 is 2.11 bits per heavy atom. The van der Waals surface area contributed by atoms with Crippen molar-refractivity contribution in [3.63, 3.8) is 0 Å². The first-order valence-corrected chi connectivity index (χ1v) is 6.36. The van der Waals surface area contributed by atoms with Crippen LogP contribution in [0.3, 0.4) is 0 Å². The van der Waals surface area contributed by atoms with E-state index in [-0.39, 0.29) is 5.91 Å². The maximum atomic E-state index is 11.5. The summed E-state index contributed by atoms with van der Waals surface area (Å²) in [6.07, 6.45) is 3.68. The van der Waals surface area contributed by atoms with E-state index in [1.807, 2.05) is 43.5 Å². The summed E-state index contributed by atoms with van der Waals surface area (Å²) in [5.74, 6) is -0.00527. The normalized spacial score (nSPS) is 10.4. The third-order valence-corrected chi connectivity index (χ3v) is 2.68. The molecule has 5 heteroatoms. The van der Waals surface area contributed by atoms with Gasteiger partial charge in [-0.1, -0.05) is 25.1 Å². The third kappa shape index (κ3) is 3.93. The molecule has 0 saturated heterocycles. The standard InChI is InChI=1S/C14H18N4O/c1-2-15-10-14(19)16-8-12-9-17-18(11-12)13-6-4-3-5-7-13/h3-7,9,11,15H,2,8,10H2,1H3,(H,16,19). The summed E-state index contributed by atoms with van der Waals surface area (Å²) < 4.78 is 1.80. The molecule has 0 saturated carbocycles. The number of likely N-dealkylation sites (N-methyl/N-ethyl adjacent to an activating group) is 1. The molecule has 1 aromatic carbocycles. The van der Waals surface area contributed by atoms with Crippen LogP contribution in [0.15, 0.2) is 42.7 Å². The van der Waals surface area contributed by atoms with E-state index in [4.69, 9.17) is 0 Å². The highest BCUT2D eigenvalue weighted by molar-refractivity contribution is 5.77. The average Bonchev–Trinajstić information content (AvgIpc) is 2.93. The van der Waals surface area contributed by atoms with Crippen LogP contribution in [0.5, 0.6) is 0 Å². The lowest BCUT2D eigenvalue weighted by molar-refractivity contribution is -0.120. The zero-order valence-electron chi connectivity index (χ0n) is 11.0. The fraction of sp³-hybridized carbons (Fsp3) is 0.286. The number of hydrogen-bond donors (Lipinski definition) is 2. The van der Waals surface area contributed by atoms with Gasteiger partial charge >= 0.3 is 0 Å². The molecular weight excluding hydrogens is 240 g/mol. The summed E-state index contributed by atoms with van der Waals surface area (Å²) in [5, 5.41) is 10.1. The molecule has 0 radical (unpaired) electrons.